The molecule has 1 N–H and O–H groups in total. The van der Waals surface area contributed by atoms with Crippen molar-refractivity contribution in [3.05, 3.63) is 65.5 Å². The van der Waals surface area contributed by atoms with Gasteiger partial charge in [-0.25, -0.2) is 0 Å². The van der Waals surface area contributed by atoms with Gasteiger partial charge < -0.3 is 14.7 Å². The average molecular weight is 390 g/mol. The predicted molar refractivity (Wildman–Crippen MR) is 108 cm³/mol. The van der Waals surface area contributed by atoms with Crippen molar-refractivity contribution in [1.82, 2.24) is 15.5 Å². The van der Waals surface area contributed by atoms with E-state index in [1.807, 2.05) is 55.5 Å². The molecule has 0 saturated carbocycles. The number of anilines is 1. The Morgan fingerprint density at radius 1 is 1.21 bits per heavy atom. The van der Waals surface area contributed by atoms with Crippen LogP contribution in [0.3, 0.4) is 0 Å². The largest absolute Gasteiger partial charge is 0.352 e. The fourth-order valence-electron chi connectivity index (χ4n) is 3.40. The summed E-state index contributed by atoms with van der Waals surface area (Å²) in [6.07, 6.45) is 0.200. The highest BCUT2D eigenvalue weighted by atomic mass is 16.5. The van der Waals surface area contributed by atoms with Gasteiger partial charge in [-0.1, -0.05) is 47.1 Å². The summed E-state index contributed by atoms with van der Waals surface area (Å²) in [6.45, 7) is 4.56. The number of carbonyl (C=O) groups excluding carboxylic acids is 2. The first kappa shape index (κ1) is 18.9. The lowest BCUT2D eigenvalue weighted by atomic mass is 10.1. The quantitative estimate of drug-likeness (QED) is 0.723. The minimum Gasteiger partial charge on any atom is -0.352 e. The summed E-state index contributed by atoms with van der Waals surface area (Å²) >= 11 is 0. The normalized spacial score (nSPS) is 16.3. The maximum Gasteiger partial charge on any atom is 0.227 e. The summed E-state index contributed by atoms with van der Waals surface area (Å²) in [6, 6.07) is 15.4. The molecule has 148 valence electrons. The minimum absolute atomic E-state index is 0.0677. The average Bonchev–Trinajstić information content (AvgIpc) is 3.33. The van der Waals surface area contributed by atoms with Crippen LogP contribution >= 0.6 is 0 Å². The smallest absolute Gasteiger partial charge is 0.227 e. The van der Waals surface area contributed by atoms with Crippen molar-refractivity contribution < 1.29 is 14.1 Å². The van der Waals surface area contributed by atoms with Gasteiger partial charge in [0.2, 0.25) is 23.5 Å². The first-order valence-corrected chi connectivity index (χ1v) is 9.54. The van der Waals surface area contributed by atoms with E-state index in [1.54, 1.807) is 11.8 Å². The van der Waals surface area contributed by atoms with E-state index < -0.39 is 0 Å². The van der Waals surface area contributed by atoms with E-state index in [0.717, 1.165) is 16.8 Å². The van der Waals surface area contributed by atoms with Crippen molar-refractivity contribution >= 4 is 17.5 Å². The van der Waals surface area contributed by atoms with E-state index in [9.17, 15) is 9.59 Å². The first-order valence-electron chi connectivity index (χ1n) is 9.54. The van der Waals surface area contributed by atoms with Crippen LogP contribution in [0, 0.1) is 19.8 Å². The summed E-state index contributed by atoms with van der Waals surface area (Å²) in [5, 5.41) is 6.86. The molecule has 2 amide bonds. The van der Waals surface area contributed by atoms with Crippen LogP contribution in [-0.2, 0) is 16.1 Å². The number of carbonyl (C=O) groups is 2. The minimum atomic E-state index is -0.371. The van der Waals surface area contributed by atoms with E-state index >= 15 is 0 Å². The van der Waals surface area contributed by atoms with E-state index in [4.69, 9.17) is 4.52 Å². The molecule has 1 fully saturated rings. The number of benzene rings is 2. The highest BCUT2D eigenvalue weighted by molar-refractivity contribution is 6.00. The van der Waals surface area contributed by atoms with Crippen LogP contribution in [0.15, 0.2) is 53.1 Å². The summed E-state index contributed by atoms with van der Waals surface area (Å²) in [5.74, 6) is 0.411. The molecule has 1 aliphatic heterocycles. The molecule has 3 aromatic rings. The van der Waals surface area contributed by atoms with Crippen molar-refractivity contribution in [2.75, 3.05) is 11.4 Å². The molecule has 29 heavy (non-hydrogen) atoms. The maximum atomic E-state index is 12.6. The van der Waals surface area contributed by atoms with Crippen molar-refractivity contribution in [3.8, 4) is 11.4 Å². The van der Waals surface area contributed by atoms with E-state index in [0.29, 0.717) is 24.8 Å². The number of aryl methyl sites for hydroxylation is 2. The first-order chi connectivity index (χ1) is 14.0. The second-order valence-corrected chi connectivity index (χ2v) is 7.30. The number of aromatic nitrogens is 2. The molecule has 1 saturated heterocycles. The third-order valence-corrected chi connectivity index (χ3v) is 5.03. The molecule has 1 atom stereocenters. The van der Waals surface area contributed by atoms with Crippen molar-refractivity contribution in [2.45, 2.75) is 26.8 Å². The zero-order valence-corrected chi connectivity index (χ0v) is 16.4. The fraction of sp³-hybridized carbons (Fsp3) is 0.273. The highest BCUT2D eigenvalue weighted by Gasteiger charge is 2.35. The molecule has 7 nitrogen and oxygen atoms in total. The lowest BCUT2D eigenvalue weighted by Crippen LogP contribution is -2.32. The molecule has 0 aliphatic carbocycles. The monoisotopic (exact) mass is 390 g/mol. The van der Waals surface area contributed by atoms with Gasteiger partial charge in [0, 0.05) is 37.7 Å². The lowest BCUT2D eigenvalue weighted by molar-refractivity contribution is -0.126. The number of hydrogen-bond donors (Lipinski definition) is 1. The van der Waals surface area contributed by atoms with Crippen molar-refractivity contribution in [2.24, 2.45) is 5.92 Å². The second kappa shape index (κ2) is 7.87. The van der Waals surface area contributed by atoms with Crippen LogP contribution in [0.5, 0.6) is 0 Å². The van der Waals surface area contributed by atoms with Gasteiger partial charge in [-0.3, -0.25) is 9.59 Å². The van der Waals surface area contributed by atoms with Crippen molar-refractivity contribution in [1.29, 1.82) is 0 Å². The third kappa shape index (κ3) is 4.18. The van der Waals surface area contributed by atoms with Gasteiger partial charge in [-0.2, -0.15) is 4.98 Å². The molecule has 4 rings (SSSR count). The van der Waals surface area contributed by atoms with Gasteiger partial charge in [0.25, 0.3) is 0 Å². The van der Waals surface area contributed by atoms with E-state index in [2.05, 4.69) is 15.5 Å². The molecular weight excluding hydrogens is 368 g/mol. The fourth-order valence-corrected chi connectivity index (χ4v) is 3.40. The van der Waals surface area contributed by atoms with Gasteiger partial charge in [0.05, 0.1) is 5.92 Å². The summed E-state index contributed by atoms with van der Waals surface area (Å²) in [4.78, 5) is 31.0. The zero-order chi connectivity index (χ0) is 20.4. The second-order valence-electron chi connectivity index (χ2n) is 7.30. The molecule has 0 radical (unpaired) electrons. The highest BCUT2D eigenvalue weighted by Crippen LogP contribution is 2.28. The third-order valence-electron chi connectivity index (χ3n) is 5.03. The SMILES string of the molecule is Cc1ccc(CNC(=O)[C@@H]2CC(=O)N(c3cccc(-c4noc(C)n4)c3)C2)cc1. The molecule has 0 spiro atoms. The Labute approximate surface area is 168 Å². The Kier molecular flexibility index (Phi) is 5.12. The Morgan fingerprint density at radius 3 is 2.72 bits per heavy atom. The van der Waals surface area contributed by atoms with Crippen LogP contribution in [0.1, 0.15) is 23.4 Å². The zero-order valence-electron chi connectivity index (χ0n) is 16.4. The lowest BCUT2D eigenvalue weighted by Gasteiger charge is -2.17. The summed E-state index contributed by atoms with van der Waals surface area (Å²) in [7, 11) is 0. The van der Waals surface area contributed by atoms with Gasteiger partial charge >= 0.3 is 0 Å². The Bertz CT molecular complexity index is 1040. The van der Waals surface area contributed by atoms with E-state index in [1.165, 1.54) is 5.56 Å². The van der Waals surface area contributed by atoms with Crippen molar-refractivity contribution in [3.63, 3.8) is 0 Å². The number of nitrogens with one attached hydrogen (secondary N) is 1. The number of hydrogen-bond acceptors (Lipinski definition) is 5. The molecule has 2 heterocycles. The predicted octanol–water partition coefficient (Wildman–Crippen LogP) is 3.02. The molecule has 7 heteroatoms. The van der Waals surface area contributed by atoms with Crippen LogP contribution in [-0.4, -0.2) is 28.5 Å². The number of nitrogens with zero attached hydrogens (tertiary/aromatic N) is 3. The summed E-state index contributed by atoms with van der Waals surface area (Å²) < 4.78 is 5.03. The Balaban J connectivity index is 1.42. The molecule has 0 unspecified atom stereocenters. The Hall–Kier alpha value is -3.48. The van der Waals surface area contributed by atoms with Crippen LogP contribution in [0.25, 0.3) is 11.4 Å². The van der Waals surface area contributed by atoms with Gasteiger partial charge in [0.1, 0.15) is 0 Å². The van der Waals surface area contributed by atoms with Gasteiger partial charge in [0.15, 0.2) is 0 Å². The van der Waals surface area contributed by atoms with Crippen LogP contribution < -0.4 is 10.2 Å². The Morgan fingerprint density at radius 2 is 2.00 bits per heavy atom. The van der Waals surface area contributed by atoms with E-state index in [-0.39, 0.29) is 24.2 Å². The standard InChI is InChI=1S/C22H22N4O3/c1-14-6-8-16(9-7-14)12-23-22(28)18-11-20(27)26(13-18)19-5-3-4-17(10-19)21-24-15(2)29-25-21/h3-10,18H,11-13H2,1-2H3,(H,23,28)/t18-/m1/s1. The number of amides is 2. The van der Waals surface area contributed by atoms with Crippen LogP contribution in [0.2, 0.25) is 0 Å². The molecular formula is C22H22N4O3. The van der Waals surface area contributed by atoms with Crippen LogP contribution in [0.4, 0.5) is 5.69 Å². The molecule has 1 aromatic heterocycles. The molecule has 2 aromatic carbocycles. The topological polar surface area (TPSA) is 88.3 Å². The maximum absolute atomic E-state index is 12.6. The van der Waals surface area contributed by atoms with Gasteiger partial charge in [-0.15, -0.1) is 0 Å². The summed E-state index contributed by atoms with van der Waals surface area (Å²) in [5.41, 5.74) is 3.70. The molecule has 1 aliphatic rings. The number of rotatable bonds is 5. The molecule has 0 bridgehead atoms. The van der Waals surface area contributed by atoms with Gasteiger partial charge in [-0.05, 0) is 24.6 Å².